The lowest BCUT2D eigenvalue weighted by molar-refractivity contribution is 0.103. The molecule has 4 aromatic rings. The molecule has 1 aliphatic carbocycles. The Kier molecular flexibility index (Phi) is 4.41. The Hall–Kier alpha value is -2.98. The maximum atomic E-state index is 13.3. The van der Waals surface area contributed by atoms with E-state index in [1.807, 2.05) is 54.9 Å². The number of aromatic amines is 1. The lowest BCUT2D eigenvalue weighted by Crippen LogP contribution is -2.07. The van der Waals surface area contributed by atoms with Gasteiger partial charge in [-0.2, -0.15) is 0 Å². The fraction of sp³-hybridized carbons (Fsp3) is 0.167. The Morgan fingerprint density at radius 3 is 2.68 bits per heavy atom. The molecule has 0 spiro atoms. The van der Waals surface area contributed by atoms with Crippen LogP contribution in [0.1, 0.15) is 44.8 Å². The molecule has 0 radical (unpaired) electrons. The van der Waals surface area contributed by atoms with E-state index in [1.54, 1.807) is 11.3 Å². The molecule has 0 unspecified atom stereocenters. The van der Waals surface area contributed by atoms with Crippen LogP contribution in [0.15, 0.2) is 65.8 Å². The number of aryl methyl sites for hydroxylation is 1. The zero-order valence-electron chi connectivity index (χ0n) is 15.4. The molecule has 1 aliphatic rings. The molecule has 0 amide bonds. The molecule has 2 heterocycles. The van der Waals surface area contributed by atoms with Gasteiger partial charge >= 0.3 is 0 Å². The molecule has 2 aromatic heterocycles. The number of nitrogens with one attached hydrogen (secondary N) is 1. The standard InChI is InChI=1S/C24H20N2OS/c27-23(16-8-2-1-3-9-16)22-19-11-5-7-13-21(19)28-24(22)26-15-17-14-25-20-12-6-4-10-18(17)20/h1-4,6,8-10,12,14-15,25H,5,7,11,13H2/b26-15+. The van der Waals surface area contributed by atoms with E-state index in [2.05, 4.69) is 17.1 Å². The van der Waals surface area contributed by atoms with Crippen molar-refractivity contribution in [1.82, 2.24) is 4.98 Å². The highest BCUT2D eigenvalue weighted by Crippen LogP contribution is 2.41. The molecule has 0 fully saturated rings. The lowest BCUT2D eigenvalue weighted by Gasteiger charge is -2.12. The Balaban J connectivity index is 1.59. The van der Waals surface area contributed by atoms with Gasteiger partial charge in [0.2, 0.25) is 0 Å². The van der Waals surface area contributed by atoms with Crippen LogP contribution in [0.4, 0.5) is 5.00 Å². The number of hydrogen-bond donors (Lipinski definition) is 1. The Bertz CT molecular complexity index is 1180. The minimum Gasteiger partial charge on any atom is -0.361 e. The normalized spacial score (nSPS) is 13.9. The van der Waals surface area contributed by atoms with Gasteiger partial charge in [-0.05, 0) is 37.3 Å². The van der Waals surface area contributed by atoms with Crippen LogP contribution in [0, 0.1) is 0 Å². The van der Waals surface area contributed by atoms with Gasteiger partial charge in [-0.15, -0.1) is 11.3 Å². The molecule has 0 aliphatic heterocycles. The van der Waals surface area contributed by atoms with Crippen LogP contribution >= 0.6 is 11.3 Å². The minimum absolute atomic E-state index is 0.0890. The summed E-state index contributed by atoms with van der Waals surface area (Å²) in [4.78, 5) is 22.7. The first-order valence-corrected chi connectivity index (χ1v) is 10.5. The number of para-hydroxylation sites is 1. The van der Waals surface area contributed by atoms with Crippen LogP contribution in [0.2, 0.25) is 0 Å². The number of aliphatic imine (C=N–C) groups is 1. The van der Waals surface area contributed by atoms with Gasteiger partial charge in [0.05, 0.1) is 5.56 Å². The summed E-state index contributed by atoms with van der Waals surface area (Å²) in [5.41, 5.74) is 4.89. The first kappa shape index (κ1) is 17.1. The maximum Gasteiger partial charge on any atom is 0.196 e. The Labute approximate surface area is 167 Å². The van der Waals surface area contributed by atoms with Gasteiger partial charge in [0.15, 0.2) is 5.78 Å². The van der Waals surface area contributed by atoms with Gasteiger partial charge in [-0.1, -0.05) is 48.5 Å². The second kappa shape index (κ2) is 7.21. The van der Waals surface area contributed by atoms with Crippen LogP contribution in [0.5, 0.6) is 0 Å². The molecule has 0 bridgehead atoms. The minimum atomic E-state index is 0.0890. The number of carbonyl (C=O) groups is 1. The fourth-order valence-electron chi connectivity index (χ4n) is 3.94. The topological polar surface area (TPSA) is 45.2 Å². The van der Waals surface area contributed by atoms with Gasteiger partial charge in [-0.3, -0.25) is 4.79 Å². The Morgan fingerprint density at radius 1 is 1.00 bits per heavy atom. The third-order valence-electron chi connectivity index (χ3n) is 5.36. The predicted molar refractivity (Wildman–Crippen MR) is 116 cm³/mol. The number of rotatable bonds is 4. The molecular weight excluding hydrogens is 364 g/mol. The zero-order chi connectivity index (χ0) is 18.9. The Morgan fingerprint density at radius 2 is 1.79 bits per heavy atom. The molecule has 138 valence electrons. The fourth-order valence-corrected chi connectivity index (χ4v) is 5.17. The summed E-state index contributed by atoms with van der Waals surface area (Å²) < 4.78 is 0. The van der Waals surface area contributed by atoms with Crippen molar-refractivity contribution < 1.29 is 4.79 Å². The van der Waals surface area contributed by atoms with Crippen molar-refractivity contribution in [2.24, 2.45) is 4.99 Å². The number of ketones is 1. The third-order valence-corrected chi connectivity index (χ3v) is 6.56. The SMILES string of the molecule is O=C(c1ccccc1)c1c(/N=C/c2c[nH]c3ccccc23)sc2c1CCCC2. The van der Waals surface area contributed by atoms with E-state index < -0.39 is 0 Å². The van der Waals surface area contributed by atoms with Gasteiger partial charge in [0.1, 0.15) is 5.00 Å². The summed E-state index contributed by atoms with van der Waals surface area (Å²) >= 11 is 1.68. The molecule has 0 atom stereocenters. The van der Waals surface area contributed by atoms with Crippen molar-refractivity contribution in [2.75, 3.05) is 0 Å². The second-order valence-corrected chi connectivity index (χ2v) is 8.22. The number of thiophene rings is 1. The highest BCUT2D eigenvalue weighted by Gasteiger charge is 2.25. The van der Waals surface area contributed by atoms with Gasteiger partial charge in [0, 0.05) is 39.3 Å². The van der Waals surface area contributed by atoms with Crippen molar-refractivity contribution in [3.05, 3.63) is 87.9 Å². The molecule has 4 heteroatoms. The number of benzene rings is 2. The third kappa shape index (κ3) is 3.00. The highest BCUT2D eigenvalue weighted by molar-refractivity contribution is 7.16. The number of hydrogen-bond acceptors (Lipinski definition) is 3. The zero-order valence-corrected chi connectivity index (χ0v) is 16.3. The number of H-pyrrole nitrogens is 1. The molecule has 28 heavy (non-hydrogen) atoms. The van der Waals surface area contributed by atoms with Crippen molar-refractivity contribution in [1.29, 1.82) is 0 Å². The summed E-state index contributed by atoms with van der Waals surface area (Å²) in [7, 11) is 0. The lowest BCUT2D eigenvalue weighted by atomic mass is 9.92. The summed E-state index contributed by atoms with van der Waals surface area (Å²) in [5.74, 6) is 0.0890. The number of nitrogens with zero attached hydrogens (tertiary/aromatic N) is 1. The average Bonchev–Trinajstić information content (AvgIpc) is 3.33. The summed E-state index contributed by atoms with van der Waals surface area (Å²) in [5, 5.41) is 1.98. The number of carbonyl (C=O) groups excluding carboxylic acids is 1. The van der Waals surface area contributed by atoms with Crippen molar-refractivity contribution in [3.8, 4) is 0 Å². The smallest absolute Gasteiger partial charge is 0.196 e. The first-order chi connectivity index (χ1) is 13.8. The predicted octanol–water partition coefficient (Wildman–Crippen LogP) is 6.09. The van der Waals surface area contributed by atoms with Crippen LogP contribution in [-0.2, 0) is 12.8 Å². The molecule has 3 nitrogen and oxygen atoms in total. The average molecular weight is 385 g/mol. The summed E-state index contributed by atoms with van der Waals surface area (Å²) in [6.45, 7) is 0. The monoisotopic (exact) mass is 384 g/mol. The molecule has 5 rings (SSSR count). The van der Waals surface area contributed by atoms with E-state index in [4.69, 9.17) is 4.99 Å². The van der Waals surface area contributed by atoms with E-state index in [9.17, 15) is 4.79 Å². The van der Waals surface area contributed by atoms with Gasteiger partial charge in [0.25, 0.3) is 0 Å². The van der Waals surface area contributed by atoms with Crippen molar-refractivity contribution >= 4 is 39.2 Å². The van der Waals surface area contributed by atoms with E-state index in [0.29, 0.717) is 0 Å². The maximum absolute atomic E-state index is 13.3. The second-order valence-electron chi connectivity index (χ2n) is 7.13. The quantitative estimate of drug-likeness (QED) is 0.336. The molecular formula is C24H20N2OS. The van der Waals surface area contributed by atoms with Crippen LogP contribution < -0.4 is 0 Å². The molecule has 1 N–H and O–H groups in total. The molecule has 2 aromatic carbocycles. The van der Waals surface area contributed by atoms with E-state index in [1.165, 1.54) is 16.9 Å². The van der Waals surface area contributed by atoms with Crippen molar-refractivity contribution in [3.63, 3.8) is 0 Å². The van der Waals surface area contributed by atoms with Crippen LogP contribution in [0.3, 0.4) is 0 Å². The van der Waals surface area contributed by atoms with Gasteiger partial charge in [-0.25, -0.2) is 4.99 Å². The largest absolute Gasteiger partial charge is 0.361 e. The van der Waals surface area contributed by atoms with Crippen LogP contribution in [-0.4, -0.2) is 17.0 Å². The van der Waals surface area contributed by atoms with Gasteiger partial charge < -0.3 is 4.98 Å². The number of aromatic nitrogens is 1. The van der Waals surface area contributed by atoms with E-state index in [0.717, 1.165) is 51.9 Å². The number of fused-ring (bicyclic) bond motifs is 2. The van der Waals surface area contributed by atoms with E-state index >= 15 is 0 Å². The summed E-state index contributed by atoms with van der Waals surface area (Å²) in [6.07, 6.45) is 8.22. The van der Waals surface area contributed by atoms with E-state index in [-0.39, 0.29) is 5.78 Å². The van der Waals surface area contributed by atoms with Crippen LogP contribution in [0.25, 0.3) is 10.9 Å². The highest BCUT2D eigenvalue weighted by atomic mass is 32.1. The summed E-state index contributed by atoms with van der Waals surface area (Å²) in [6, 6.07) is 17.7. The van der Waals surface area contributed by atoms with Crippen molar-refractivity contribution in [2.45, 2.75) is 25.7 Å². The first-order valence-electron chi connectivity index (χ1n) is 9.66. The molecule has 0 saturated heterocycles. The molecule has 0 saturated carbocycles.